The highest BCUT2D eigenvalue weighted by Crippen LogP contribution is 2.26. The summed E-state index contributed by atoms with van der Waals surface area (Å²) in [5.74, 6) is -0.228. The fourth-order valence-corrected chi connectivity index (χ4v) is 1.83. The summed E-state index contributed by atoms with van der Waals surface area (Å²) in [5.41, 5.74) is 0.843. The number of nitrogens with zero attached hydrogens (tertiary/aromatic N) is 3. The largest absolute Gasteiger partial charge is 0.370 e. The molecule has 0 unspecified atom stereocenters. The predicted molar refractivity (Wildman–Crippen MR) is 71.2 cm³/mol. The highest BCUT2D eigenvalue weighted by molar-refractivity contribution is 6.00. The van der Waals surface area contributed by atoms with Crippen molar-refractivity contribution in [2.75, 3.05) is 18.0 Å². The van der Waals surface area contributed by atoms with Gasteiger partial charge in [-0.2, -0.15) is 5.26 Å². The predicted octanol–water partition coefficient (Wildman–Crippen LogP) is 2.54. The Morgan fingerprint density at radius 1 is 1.53 bits per heavy atom. The van der Waals surface area contributed by atoms with Crippen LogP contribution in [0, 0.1) is 21.4 Å². The van der Waals surface area contributed by atoms with Crippen molar-refractivity contribution in [2.45, 2.75) is 20.3 Å². The molecule has 0 heterocycles. The van der Waals surface area contributed by atoms with E-state index in [9.17, 15) is 14.9 Å². The number of ketones is 1. The molecule has 0 aromatic heterocycles. The van der Waals surface area contributed by atoms with Gasteiger partial charge in [0.2, 0.25) is 0 Å². The van der Waals surface area contributed by atoms with Gasteiger partial charge in [0.25, 0.3) is 5.69 Å². The van der Waals surface area contributed by atoms with Crippen molar-refractivity contribution in [3.63, 3.8) is 0 Å². The van der Waals surface area contributed by atoms with Gasteiger partial charge in [-0.25, -0.2) is 0 Å². The van der Waals surface area contributed by atoms with Crippen LogP contribution in [-0.4, -0.2) is 23.8 Å². The number of nitro benzene ring substituents is 1. The summed E-state index contributed by atoms with van der Waals surface area (Å²) >= 11 is 0. The first-order valence-electron chi connectivity index (χ1n) is 5.92. The van der Waals surface area contributed by atoms with Crippen molar-refractivity contribution in [1.29, 1.82) is 5.26 Å². The van der Waals surface area contributed by atoms with Crippen molar-refractivity contribution in [3.8, 4) is 6.07 Å². The molecule has 0 aliphatic rings. The highest BCUT2D eigenvalue weighted by Gasteiger charge is 2.17. The molecule has 0 aliphatic heterocycles. The van der Waals surface area contributed by atoms with Crippen LogP contribution in [0.5, 0.6) is 0 Å². The molecule has 0 saturated carbocycles. The van der Waals surface area contributed by atoms with E-state index in [1.807, 2.05) is 17.9 Å². The van der Waals surface area contributed by atoms with E-state index in [-0.39, 0.29) is 11.5 Å². The number of carbonyl (C=O) groups is 1. The maximum Gasteiger partial charge on any atom is 0.270 e. The summed E-state index contributed by atoms with van der Waals surface area (Å²) in [4.78, 5) is 23.7. The average Bonchev–Trinajstić information content (AvgIpc) is 2.39. The molecule has 6 heteroatoms. The quantitative estimate of drug-likeness (QED) is 0.446. The Hall–Kier alpha value is -2.42. The lowest BCUT2D eigenvalue weighted by atomic mass is 10.1. The molecule has 0 fully saturated rings. The number of carbonyl (C=O) groups excluding carboxylic acids is 1. The third-order valence-electron chi connectivity index (χ3n) is 2.79. The molecule has 0 atom stereocenters. The van der Waals surface area contributed by atoms with Crippen LogP contribution < -0.4 is 4.90 Å². The molecular formula is C13H15N3O3. The zero-order valence-electron chi connectivity index (χ0n) is 10.9. The monoisotopic (exact) mass is 261 g/mol. The van der Waals surface area contributed by atoms with Crippen molar-refractivity contribution in [1.82, 2.24) is 0 Å². The minimum Gasteiger partial charge on any atom is -0.370 e. The smallest absolute Gasteiger partial charge is 0.270 e. The van der Waals surface area contributed by atoms with Gasteiger partial charge in [-0.05, 0) is 19.9 Å². The minimum absolute atomic E-state index is 0.106. The Bertz CT molecular complexity index is 534. The number of anilines is 1. The number of hydrogen-bond donors (Lipinski definition) is 0. The maximum atomic E-state index is 11.6. The van der Waals surface area contributed by atoms with Gasteiger partial charge in [-0.15, -0.1) is 0 Å². The number of non-ortho nitro benzene ring substituents is 1. The molecule has 1 aromatic rings. The number of nitriles is 1. The van der Waals surface area contributed by atoms with E-state index in [0.29, 0.717) is 30.8 Å². The van der Waals surface area contributed by atoms with Gasteiger partial charge in [0.05, 0.1) is 17.4 Å². The number of benzene rings is 1. The summed E-state index contributed by atoms with van der Waals surface area (Å²) in [7, 11) is 0. The van der Waals surface area contributed by atoms with Gasteiger partial charge in [0.1, 0.15) is 0 Å². The maximum absolute atomic E-state index is 11.6. The number of hydrogen-bond acceptors (Lipinski definition) is 5. The molecule has 0 bridgehead atoms. The van der Waals surface area contributed by atoms with Crippen LogP contribution in [-0.2, 0) is 0 Å². The van der Waals surface area contributed by atoms with Gasteiger partial charge < -0.3 is 4.90 Å². The zero-order valence-corrected chi connectivity index (χ0v) is 10.9. The highest BCUT2D eigenvalue weighted by atomic mass is 16.6. The van der Waals surface area contributed by atoms with Crippen molar-refractivity contribution in [2.24, 2.45) is 0 Å². The van der Waals surface area contributed by atoms with E-state index in [2.05, 4.69) is 0 Å². The third kappa shape index (κ3) is 3.52. The summed E-state index contributed by atoms with van der Waals surface area (Å²) in [5, 5.41) is 19.4. The lowest BCUT2D eigenvalue weighted by Crippen LogP contribution is -2.25. The third-order valence-corrected chi connectivity index (χ3v) is 2.79. The van der Waals surface area contributed by atoms with Crippen molar-refractivity contribution in [3.05, 3.63) is 33.9 Å². The Balaban J connectivity index is 3.22. The van der Waals surface area contributed by atoms with Gasteiger partial charge in [-0.1, -0.05) is 0 Å². The summed E-state index contributed by atoms with van der Waals surface area (Å²) in [6.07, 6.45) is 0.335. The first-order valence-corrected chi connectivity index (χ1v) is 5.92. The van der Waals surface area contributed by atoms with E-state index >= 15 is 0 Å². The molecule has 1 aromatic carbocycles. The topological polar surface area (TPSA) is 87.2 Å². The molecule has 0 saturated heterocycles. The standard InChI is InChI=1S/C13H15N3O3/c1-3-15(8-4-7-14)13-6-5-11(16(18)19)9-12(13)10(2)17/h5-6,9H,3-4,8H2,1-2H3. The van der Waals surface area contributed by atoms with Gasteiger partial charge >= 0.3 is 0 Å². The van der Waals surface area contributed by atoms with Crippen LogP contribution >= 0.6 is 0 Å². The van der Waals surface area contributed by atoms with Crippen LogP contribution in [0.4, 0.5) is 11.4 Å². The Kier molecular flexibility index (Phi) is 5.01. The normalized spacial score (nSPS) is 9.74. The first kappa shape index (κ1) is 14.6. The molecule has 0 aliphatic carbocycles. The van der Waals surface area contributed by atoms with Crippen LogP contribution in [0.25, 0.3) is 0 Å². The summed E-state index contributed by atoms with van der Waals surface area (Å²) < 4.78 is 0. The molecule has 100 valence electrons. The summed E-state index contributed by atoms with van der Waals surface area (Å²) in [6.45, 7) is 4.40. The van der Waals surface area contributed by atoms with Crippen LogP contribution in [0.1, 0.15) is 30.6 Å². The van der Waals surface area contributed by atoms with Crippen molar-refractivity contribution < 1.29 is 9.72 Å². The second-order valence-corrected chi connectivity index (χ2v) is 4.00. The van der Waals surface area contributed by atoms with Crippen LogP contribution in [0.2, 0.25) is 0 Å². The van der Waals surface area contributed by atoms with E-state index in [4.69, 9.17) is 5.26 Å². The van der Waals surface area contributed by atoms with Gasteiger partial charge in [0.15, 0.2) is 5.78 Å². The molecule has 0 amide bonds. The fraction of sp³-hybridized carbons (Fsp3) is 0.385. The second-order valence-electron chi connectivity index (χ2n) is 4.00. The lowest BCUT2D eigenvalue weighted by molar-refractivity contribution is -0.384. The molecule has 0 spiro atoms. The van der Waals surface area contributed by atoms with E-state index in [0.717, 1.165) is 0 Å². The molecule has 1 rings (SSSR count). The molecule has 0 radical (unpaired) electrons. The van der Waals surface area contributed by atoms with Gasteiger partial charge in [-0.3, -0.25) is 14.9 Å². The van der Waals surface area contributed by atoms with Crippen LogP contribution in [0.3, 0.4) is 0 Å². The van der Waals surface area contributed by atoms with E-state index < -0.39 is 4.92 Å². The van der Waals surface area contributed by atoms with Gasteiger partial charge in [0, 0.05) is 36.5 Å². The average molecular weight is 261 g/mol. The number of rotatable bonds is 6. The number of Topliss-reactive ketones (excluding diaryl/α,β-unsaturated/α-hetero) is 1. The second kappa shape index (κ2) is 6.50. The zero-order chi connectivity index (χ0) is 14.4. The van der Waals surface area contributed by atoms with E-state index in [1.54, 1.807) is 6.07 Å². The molecule has 19 heavy (non-hydrogen) atoms. The molecule has 6 nitrogen and oxygen atoms in total. The Morgan fingerprint density at radius 2 is 2.21 bits per heavy atom. The van der Waals surface area contributed by atoms with E-state index in [1.165, 1.54) is 19.1 Å². The first-order chi connectivity index (χ1) is 9.01. The SMILES string of the molecule is CCN(CCC#N)c1ccc([N+](=O)[O-])cc1C(C)=O. The molecule has 0 N–H and O–H groups in total. The summed E-state index contributed by atoms with van der Waals surface area (Å²) in [6, 6.07) is 6.27. The Morgan fingerprint density at radius 3 is 2.68 bits per heavy atom. The lowest BCUT2D eigenvalue weighted by Gasteiger charge is -2.23. The molecular weight excluding hydrogens is 246 g/mol. The Labute approximate surface area is 111 Å². The number of nitro groups is 1. The fourth-order valence-electron chi connectivity index (χ4n) is 1.83. The van der Waals surface area contributed by atoms with Crippen LogP contribution in [0.15, 0.2) is 18.2 Å². The van der Waals surface area contributed by atoms with Crippen molar-refractivity contribution >= 4 is 17.2 Å². The minimum atomic E-state index is -0.526.